The molecule has 0 N–H and O–H groups in total. The fraction of sp³-hybridized carbons (Fsp3) is 0.321. The molecule has 0 aliphatic carbocycles. The van der Waals surface area contributed by atoms with E-state index in [1.807, 2.05) is 18.2 Å². The zero-order valence-electron chi connectivity index (χ0n) is 18.9. The third kappa shape index (κ3) is 4.60. The van der Waals surface area contributed by atoms with Crippen molar-refractivity contribution in [3.8, 4) is 0 Å². The van der Waals surface area contributed by atoms with Gasteiger partial charge in [-0.25, -0.2) is 0 Å². The molecule has 0 heterocycles. The molecule has 0 aliphatic heterocycles. The molecule has 3 aromatic carbocycles. The SMILES string of the molecule is CCCCCC(=O)OP(CCCC)(c1ccccc1)(c1ccccc1)c1ccccc1. The number of carbonyl (C=O) groups excluding carboxylic acids is 1. The van der Waals surface area contributed by atoms with Crippen molar-refractivity contribution >= 4 is 28.7 Å². The predicted octanol–water partition coefficient (Wildman–Crippen LogP) is 6.35. The Morgan fingerprint density at radius 3 is 1.45 bits per heavy atom. The first-order valence-corrected chi connectivity index (χ1v) is 13.9. The third-order valence-corrected chi connectivity index (χ3v) is 12.1. The maximum absolute atomic E-state index is 13.4. The molecule has 2 nitrogen and oxygen atoms in total. The molecule has 0 bridgehead atoms. The average molecular weight is 435 g/mol. The van der Waals surface area contributed by atoms with Crippen molar-refractivity contribution in [2.45, 2.75) is 52.4 Å². The molecule has 3 aromatic rings. The van der Waals surface area contributed by atoms with E-state index >= 15 is 0 Å². The van der Waals surface area contributed by atoms with Crippen LogP contribution in [0.4, 0.5) is 0 Å². The Bertz CT molecular complexity index is 839. The number of unbranched alkanes of at least 4 members (excludes halogenated alkanes) is 3. The van der Waals surface area contributed by atoms with E-state index < -0.39 is 6.83 Å². The van der Waals surface area contributed by atoms with E-state index in [0.717, 1.165) is 54.2 Å². The van der Waals surface area contributed by atoms with Crippen LogP contribution in [-0.4, -0.2) is 12.1 Å². The summed E-state index contributed by atoms with van der Waals surface area (Å²) in [6.45, 7) is 0.873. The van der Waals surface area contributed by atoms with Crippen LogP contribution in [0, 0.1) is 0 Å². The van der Waals surface area contributed by atoms with Crippen LogP contribution < -0.4 is 15.9 Å². The first kappa shape index (κ1) is 23.2. The van der Waals surface area contributed by atoms with Crippen molar-refractivity contribution in [3.63, 3.8) is 0 Å². The first-order chi connectivity index (χ1) is 15.2. The Balaban J connectivity index is 2.33. The van der Waals surface area contributed by atoms with Crippen molar-refractivity contribution < 1.29 is 9.32 Å². The molecular weight excluding hydrogens is 399 g/mol. The van der Waals surface area contributed by atoms with Gasteiger partial charge in [0.15, 0.2) is 0 Å². The zero-order chi connectivity index (χ0) is 22.0. The summed E-state index contributed by atoms with van der Waals surface area (Å²) in [6, 6.07) is 31.5. The van der Waals surface area contributed by atoms with Gasteiger partial charge in [-0.05, 0) is 0 Å². The van der Waals surface area contributed by atoms with Gasteiger partial charge in [0.1, 0.15) is 0 Å². The van der Waals surface area contributed by atoms with E-state index in [1.54, 1.807) is 0 Å². The Morgan fingerprint density at radius 1 is 0.645 bits per heavy atom. The Kier molecular flexibility index (Phi) is 8.04. The van der Waals surface area contributed by atoms with E-state index in [4.69, 9.17) is 4.52 Å². The molecule has 0 saturated heterocycles. The Morgan fingerprint density at radius 2 is 1.06 bits per heavy atom. The summed E-state index contributed by atoms with van der Waals surface area (Å²) >= 11 is 0. The quantitative estimate of drug-likeness (QED) is 0.259. The Labute approximate surface area is 187 Å². The molecular formula is C28H35O2P. The molecule has 0 radical (unpaired) electrons. The molecule has 0 aromatic heterocycles. The van der Waals surface area contributed by atoms with Crippen LogP contribution in [0.15, 0.2) is 91.0 Å². The molecule has 3 rings (SSSR count). The van der Waals surface area contributed by atoms with Crippen molar-refractivity contribution in [2.24, 2.45) is 0 Å². The fourth-order valence-corrected chi connectivity index (χ4v) is 10.5. The van der Waals surface area contributed by atoms with Gasteiger partial charge in [0.05, 0.1) is 0 Å². The molecule has 0 unspecified atom stereocenters. The van der Waals surface area contributed by atoms with Crippen molar-refractivity contribution in [3.05, 3.63) is 91.0 Å². The second-order valence-electron chi connectivity index (χ2n) is 8.22. The number of hydrogen-bond acceptors (Lipinski definition) is 2. The summed E-state index contributed by atoms with van der Waals surface area (Å²) in [5.74, 6) is -0.0845. The summed E-state index contributed by atoms with van der Waals surface area (Å²) in [6.07, 6.45) is 6.30. The predicted molar refractivity (Wildman–Crippen MR) is 135 cm³/mol. The molecule has 0 atom stereocenters. The average Bonchev–Trinajstić information content (AvgIpc) is 2.84. The van der Waals surface area contributed by atoms with E-state index in [1.165, 1.54) is 0 Å². The molecule has 164 valence electrons. The molecule has 0 spiro atoms. The second-order valence-corrected chi connectivity index (χ2v) is 12.8. The number of rotatable bonds is 11. The molecule has 0 fully saturated rings. The molecule has 0 aliphatic rings. The van der Waals surface area contributed by atoms with E-state index in [2.05, 4.69) is 86.6 Å². The van der Waals surface area contributed by atoms with Gasteiger partial charge in [0.25, 0.3) is 0 Å². The van der Waals surface area contributed by atoms with Gasteiger partial charge >= 0.3 is 188 Å². The van der Waals surface area contributed by atoms with Gasteiger partial charge in [-0.3, -0.25) is 0 Å². The summed E-state index contributed by atoms with van der Waals surface area (Å²) in [7, 11) is 0. The first-order valence-electron chi connectivity index (χ1n) is 11.6. The minimum absolute atomic E-state index is 0.0845. The number of benzene rings is 3. The molecule has 31 heavy (non-hydrogen) atoms. The zero-order valence-corrected chi connectivity index (χ0v) is 19.8. The topological polar surface area (TPSA) is 26.3 Å². The summed E-state index contributed by atoms with van der Waals surface area (Å²) in [5, 5.41) is 3.38. The summed E-state index contributed by atoms with van der Waals surface area (Å²) in [5.41, 5.74) is 0. The Hall–Kier alpha value is -2.44. The van der Waals surface area contributed by atoms with Gasteiger partial charge in [-0.2, -0.15) is 0 Å². The van der Waals surface area contributed by atoms with Crippen LogP contribution in [0.5, 0.6) is 0 Å². The molecule has 3 heteroatoms. The van der Waals surface area contributed by atoms with Crippen LogP contribution in [0.3, 0.4) is 0 Å². The van der Waals surface area contributed by atoms with E-state index in [9.17, 15) is 4.79 Å². The second kappa shape index (κ2) is 10.7. The van der Waals surface area contributed by atoms with Gasteiger partial charge in [-0.1, -0.05) is 0 Å². The number of carbonyl (C=O) groups is 1. The van der Waals surface area contributed by atoms with Crippen molar-refractivity contribution in [1.29, 1.82) is 0 Å². The van der Waals surface area contributed by atoms with Gasteiger partial charge in [0, 0.05) is 0 Å². The summed E-state index contributed by atoms with van der Waals surface area (Å²) < 4.78 is 6.92. The minimum atomic E-state index is -3.49. The normalized spacial score (nSPS) is 12.6. The third-order valence-electron chi connectivity index (χ3n) is 6.13. The van der Waals surface area contributed by atoms with Crippen LogP contribution in [0.1, 0.15) is 52.4 Å². The maximum atomic E-state index is 13.4. The van der Waals surface area contributed by atoms with E-state index in [0.29, 0.717) is 6.42 Å². The standard InChI is InChI=1S/C28H35O2P/c1-3-5-10-23-28(29)30-31(24-6-4-2,25-17-11-7-12-18-25,26-19-13-8-14-20-26)27-21-15-9-16-22-27/h7-9,11-22H,3-6,10,23-24H2,1-2H3. The molecule has 0 saturated carbocycles. The van der Waals surface area contributed by atoms with Crippen LogP contribution in [0.25, 0.3) is 0 Å². The van der Waals surface area contributed by atoms with Crippen molar-refractivity contribution in [1.82, 2.24) is 0 Å². The monoisotopic (exact) mass is 434 g/mol. The van der Waals surface area contributed by atoms with Crippen LogP contribution >= 0.6 is 6.83 Å². The van der Waals surface area contributed by atoms with Crippen LogP contribution in [0.2, 0.25) is 0 Å². The van der Waals surface area contributed by atoms with Crippen molar-refractivity contribution in [2.75, 3.05) is 6.16 Å². The van der Waals surface area contributed by atoms with Gasteiger partial charge in [-0.15, -0.1) is 0 Å². The summed E-state index contributed by atoms with van der Waals surface area (Å²) in [4.78, 5) is 13.4. The van der Waals surface area contributed by atoms with E-state index in [-0.39, 0.29) is 5.97 Å². The van der Waals surface area contributed by atoms with Gasteiger partial charge in [0.2, 0.25) is 0 Å². The fourth-order valence-electron chi connectivity index (χ4n) is 4.52. The van der Waals surface area contributed by atoms with Crippen LogP contribution in [-0.2, 0) is 9.32 Å². The molecule has 0 amide bonds. The number of hydrogen-bond donors (Lipinski definition) is 0. The van der Waals surface area contributed by atoms with Gasteiger partial charge < -0.3 is 0 Å².